The van der Waals surface area contributed by atoms with Crippen molar-refractivity contribution in [3.63, 3.8) is 0 Å². The Morgan fingerprint density at radius 1 is 1.53 bits per heavy atom. The molecular formula is C9H14ClNO2S2. The van der Waals surface area contributed by atoms with Crippen LogP contribution in [0.5, 0.6) is 0 Å². The standard InChI is InChI=1S/C9H14ClNO2S2/c1-3-4-11-15(12,13)9-5-7(2)8(6-10)14-9/h5,11H,3-4,6H2,1-2H3. The summed E-state index contributed by atoms with van der Waals surface area (Å²) in [5.41, 5.74) is 0.937. The molecule has 1 aromatic heterocycles. The predicted molar refractivity (Wildman–Crippen MR) is 64.1 cm³/mol. The highest BCUT2D eigenvalue weighted by Gasteiger charge is 2.17. The normalized spacial score (nSPS) is 11.9. The number of hydrogen-bond donors (Lipinski definition) is 1. The van der Waals surface area contributed by atoms with Crippen LogP contribution in [-0.4, -0.2) is 15.0 Å². The zero-order chi connectivity index (χ0) is 11.5. The van der Waals surface area contributed by atoms with Gasteiger partial charge in [0.1, 0.15) is 4.21 Å². The van der Waals surface area contributed by atoms with Crippen molar-refractivity contribution in [1.29, 1.82) is 0 Å². The van der Waals surface area contributed by atoms with E-state index in [0.717, 1.165) is 16.9 Å². The molecule has 0 aliphatic carbocycles. The first kappa shape index (κ1) is 13.0. The number of nitrogens with one attached hydrogen (secondary N) is 1. The molecule has 0 aromatic carbocycles. The molecule has 15 heavy (non-hydrogen) atoms. The van der Waals surface area contributed by atoms with E-state index in [1.165, 1.54) is 11.3 Å². The lowest BCUT2D eigenvalue weighted by atomic mass is 10.3. The summed E-state index contributed by atoms with van der Waals surface area (Å²) < 4.78 is 26.3. The number of hydrogen-bond acceptors (Lipinski definition) is 3. The van der Waals surface area contributed by atoms with Crippen LogP contribution < -0.4 is 4.72 Å². The minimum atomic E-state index is -3.32. The van der Waals surface area contributed by atoms with Crippen molar-refractivity contribution < 1.29 is 8.42 Å². The van der Waals surface area contributed by atoms with Crippen LogP contribution in [-0.2, 0) is 15.9 Å². The molecule has 0 atom stereocenters. The average molecular weight is 268 g/mol. The number of halogens is 1. The maximum atomic E-state index is 11.7. The number of sulfonamides is 1. The SMILES string of the molecule is CCCNS(=O)(=O)c1cc(C)c(CCl)s1. The molecule has 1 heterocycles. The van der Waals surface area contributed by atoms with Crippen LogP contribution >= 0.6 is 22.9 Å². The minimum absolute atomic E-state index is 0.351. The third kappa shape index (κ3) is 3.17. The molecule has 0 saturated carbocycles. The second-order valence-corrected chi connectivity index (χ2v) is 6.60. The Bertz CT molecular complexity index is 425. The minimum Gasteiger partial charge on any atom is -0.210 e. The summed E-state index contributed by atoms with van der Waals surface area (Å²) in [5, 5.41) is 0. The Balaban J connectivity index is 2.95. The van der Waals surface area contributed by atoms with Crippen molar-refractivity contribution in [3.05, 3.63) is 16.5 Å². The van der Waals surface area contributed by atoms with Gasteiger partial charge in [-0.1, -0.05) is 6.92 Å². The van der Waals surface area contributed by atoms with Crippen molar-refractivity contribution in [2.24, 2.45) is 0 Å². The van der Waals surface area contributed by atoms with Crippen molar-refractivity contribution in [3.8, 4) is 0 Å². The van der Waals surface area contributed by atoms with Gasteiger partial charge < -0.3 is 0 Å². The van der Waals surface area contributed by atoms with Gasteiger partial charge in [-0.05, 0) is 25.0 Å². The van der Waals surface area contributed by atoms with Gasteiger partial charge in [0, 0.05) is 11.4 Å². The summed E-state index contributed by atoms with van der Waals surface area (Å²) in [4.78, 5) is 0.911. The molecule has 0 fully saturated rings. The van der Waals surface area contributed by atoms with E-state index in [9.17, 15) is 8.42 Å². The largest absolute Gasteiger partial charge is 0.250 e. The monoisotopic (exact) mass is 267 g/mol. The molecule has 1 rings (SSSR count). The Morgan fingerprint density at radius 3 is 2.67 bits per heavy atom. The molecule has 0 saturated heterocycles. The molecule has 0 unspecified atom stereocenters. The number of alkyl halides is 1. The van der Waals surface area contributed by atoms with Crippen molar-refractivity contribution in [1.82, 2.24) is 4.72 Å². The van der Waals surface area contributed by atoms with E-state index in [0.29, 0.717) is 16.6 Å². The fourth-order valence-corrected chi connectivity index (χ4v) is 4.05. The second-order valence-electron chi connectivity index (χ2n) is 3.20. The van der Waals surface area contributed by atoms with Crippen molar-refractivity contribution in [2.45, 2.75) is 30.4 Å². The summed E-state index contributed by atoms with van der Waals surface area (Å²) in [6.45, 7) is 4.26. The molecule has 0 aliphatic heterocycles. The van der Waals surface area contributed by atoms with Gasteiger partial charge in [0.15, 0.2) is 0 Å². The summed E-state index contributed by atoms with van der Waals surface area (Å²) in [6, 6.07) is 1.67. The van der Waals surface area contributed by atoms with Gasteiger partial charge >= 0.3 is 0 Å². The van der Waals surface area contributed by atoms with Gasteiger partial charge in [0.05, 0.1) is 5.88 Å². The Hall–Kier alpha value is -0.100. The molecule has 6 heteroatoms. The highest BCUT2D eigenvalue weighted by molar-refractivity contribution is 7.91. The number of aryl methyl sites for hydroxylation is 1. The quantitative estimate of drug-likeness (QED) is 0.833. The third-order valence-electron chi connectivity index (χ3n) is 1.93. The summed E-state index contributed by atoms with van der Waals surface area (Å²) in [5.74, 6) is 0.361. The Labute approximate surface area is 99.5 Å². The molecule has 0 spiro atoms. The van der Waals surface area contributed by atoms with Crippen molar-refractivity contribution in [2.75, 3.05) is 6.54 Å². The summed E-state index contributed by atoms with van der Waals surface area (Å²) in [6.07, 6.45) is 0.784. The van der Waals surface area contributed by atoms with E-state index in [1.807, 2.05) is 13.8 Å². The van der Waals surface area contributed by atoms with Crippen LogP contribution in [0, 0.1) is 6.92 Å². The van der Waals surface area contributed by atoms with Crippen LogP contribution in [0.25, 0.3) is 0 Å². The van der Waals surface area contributed by atoms with Crippen LogP contribution in [0.2, 0.25) is 0 Å². The highest BCUT2D eigenvalue weighted by Crippen LogP contribution is 2.26. The van der Waals surface area contributed by atoms with Gasteiger partial charge in [-0.25, -0.2) is 13.1 Å². The van der Waals surface area contributed by atoms with E-state index < -0.39 is 10.0 Å². The second kappa shape index (κ2) is 5.30. The van der Waals surface area contributed by atoms with Crippen LogP contribution in [0.3, 0.4) is 0 Å². The molecule has 1 aromatic rings. The maximum Gasteiger partial charge on any atom is 0.250 e. The highest BCUT2D eigenvalue weighted by atomic mass is 35.5. The lowest BCUT2D eigenvalue weighted by molar-refractivity contribution is 0.583. The predicted octanol–water partition coefficient (Wildman–Crippen LogP) is 2.48. The Morgan fingerprint density at radius 2 is 2.20 bits per heavy atom. The topological polar surface area (TPSA) is 46.2 Å². The van der Waals surface area contributed by atoms with E-state index in [-0.39, 0.29) is 0 Å². The molecule has 0 aliphatic rings. The molecule has 0 bridgehead atoms. The fraction of sp³-hybridized carbons (Fsp3) is 0.556. The summed E-state index contributed by atoms with van der Waals surface area (Å²) in [7, 11) is -3.32. The molecule has 0 amide bonds. The fourth-order valence-electron chi connectivity index (χ4n) is 1.06. The van der Waals surface area contributed by atoms with E-state index >= 15 is 0 Å². The third-order valence-corrected chi connectivity index (χ3v) is 5.52. The van der Waals surface area contributed by atoms with Gasteiger partial charge in [-0.2, -0.15) is 0 Å². The maximum absolute atomic E-state index is 11.7. The zero-order valence-electron chi connectivity index (χ0n) is 8.71. The van der Waals surface area contributed by atoms with E-state index in [2.05, 4.69) is 4.72 Å². The Kier molecular flexibility index (Phi) is 4.58. The molecule has 0 radical (unpaired) electrons. The summed E-state index contributed by atoms with van der Waals surface area (Å²) >= 11 is 6.93. The molecular weight excluding hydrogens is 254 g/mol. The van der Waals surface area contributed by atoms with Gasteiger partial charge in [-0.15, -0.1) is 22.9 Å². The first-order valence-corrected chi connectivity index (χ1v) is 7.49. The molecule has 1 N–H and O–H groups in total. The molecule has 3 nitrogen and oxygen atoms in total. The van der Waals surface area contributed by atoms with Gasteiger partial charge in [-0.3, -0.25) is 0 Å². The average Bonchev–Trinajstić information content (AvgIpc) is 2.57. The van der Waals surface area contributed by atoms with Gasteiger partial charge in [0.25, 0.3) is 0 Å². The molecule has 86 valence electrons. The lowest BCUT2D eigenvalue weighted by Crippen LogP contribution is -2.23. The van der Waals surface area contributed by atoms with E-state index in [1.54, 1.807) is 6.07 Å². The first-order chi connectivity index (χ1) is 7.01. The van der Waals surface area contributed by atoms with Crippen molar-refractivity contribution >= 4 is 33.0 Å². The number of rotatable bonds is 5. The smallest absolute Gasteiger partial charge is 0.210 e. The zero-order valence-corrected chi connectivity index (χ0v) is 11.1. The lowest BCUT2D eigenvalue weighted by Gasteiger charge is -2.01. The van der Waals surface area contributed by atoms with Crippen LogP contribution in [0.4, 0.5) is 0 Å². The van der Waals surface area contributed by atoms with Crippen LogP contribution in [0.1, 0.15) is 23.8 Å². The van der Waals surface area contributed by atoms with E-state index in [4.69, 9.17) is 11.6 Å². The van der Waals surface area contributed by atoms with Crippen LogP contribution in [0.15, 0.2) is 10.3 Å². The number of thiophene rings is 1. The van der Waals surface area contributed by atoms with Gasteiger partial charge in [0.2, 0.25) is 10.0 Å². The first-order valence-electron chi connectivity index (χ1n) is 4.66.